The normalized spacial score (nSPS) is 15.2. The van der Waals surface area contributed by atoms with Gasteiger partial charge in [-0.05, 0) is 44.6 Å². The second-order valence-corrected chi connectivity index (χ2v) is 6.28. The average molecular weight is 309 g/mol. The third-order valence-electron chi connectivity index (χ3n) is 4.52. The van der Waals surface area contributed by atoms with E-state index in [1.165, 1.54) is 24.0 Å². The monoisotopic (exact) mass is 309 g/mol. The second kappa shape index (κ2) is 6.90. The Labute approximate surface area is 137 Å². The quantitative estimate of drug-likeness (QED) is 0.822. The largest absolute Gasteiger partial charge is 0.334 e. The zero-order chi connectivity index (χ0) is 16.2. The number of likely N-dealkylation sites (N-methyl/N-ethyl adjacent to an activating group) is 1. The number of aryl methyl sites for hydroxylation is 1. The van der Waals surface area contributed by atoms with E-state index in [4.69, 9.17) is 0 Å². The van der Waals surface area contributed by atoms with Crippen LogP contribution < -0.4 is 0 Å². The number of rotatable bonds is 6. The summed E-state index contributed by atoms with van der Waals surface area (Å²) in [6.07, 6.45) is 8.05. The maximum Gasteiger partial charge on any atom is 0.274 e. The van der Waals surface area contributed by atoms with Crippen molar-refractivity contribution in [2.45, 2.75) is 39.2 Å². The molecule has 1 aliphatic carbocycles. The van der Waals surface area contributed by atoms with E-state index in [0.29, 0.717) is 18.2 Å². The summed E-state index contributed by atoms with van der Waals surface area (Å²) in [4.78, 5) is 23.0. The highest BCUT2D eigenvalue weighted by Crippen LogP contribution is 2.37. The molecular weight excluding hydrogens is 286 g/mol. The predicted octanol–water partition coefficient (Wildman–Crippen LogP) is 3.27. The Hall–Kier alpha value is -2.23. The van der Waals surface area contributed by atoms with E-state index < -0.39 is 0 Å². The Morgan fingerprint density at radius 1 is 1.26 bits per heavy atom. The lowest BCUT2D eigenvalue weighted by atomic mass is 9.99. The molecule has 1 aliphatic rings. The van der Waals surface area contributed by atoms with Crippen LogP contribution in [0.3, 0.4) is 0 Å². The van der Waals surface area contributed by atoms with Crippen LogP contribution in [0.4, 0.5) is 0 Å². The van der Waals surface area contributed by atoms with E-state index in [9.17, 15) is 4.79 Å². The summed E-state index contributed by atoms with van der Waals surface area (Å²) in [7, 11) is 0. The van der Waals surface area contributed by atoms with Gasteiger partial charge >= 0.3 is 0 Å². The Morgan fingerprint density at radius 3 is 2.57 bits per heavy atom. The standard InChI is InChI=1S/C19H23N3O/c1-3-22(19(23)17-13-20-10-11-21-17)18(16-8-9-16)12-15-6-4-14(2)5-7-15/h4-7,10-11,13,16,18H,3,8-9,12H2,1-2H3. The summed E-state index contributed by atoms with van der Waals surface area (Å²) < 4.78 is 0. The number of aromatic nitrogens is 2. The van der Waals surface area contributed by atoms with Crippen molar-refractivity contribution in [3.05, 3.63) is 59.7 Å². The molecule has 1 aromatic heterocycles. The minimum Gasteiger partial charge on any atom is -0.334 e. The first kappa shape index (κ1) is 15.7. The highest BCUT2D eigenvalue weighted by molar-refractivity contribution is 5.92. The zero-order valence-electron chi connectivity index (χ0n) is 13.8. The van der Waals surface area contributed by atoms with Gasteiger partial charge in [-0.2, -0.15) is 0 Å². The predicted molar refractivity (Wildman–Crippen MR) is 90.1 cm³/mol. The van der Waals surface area contributed by atoms with Crippen molar-refractivity contribution in [3.63, 3.8) is 0 Å². The minimum atomic E-state index is -0.00962. The number of hydrogen-bond donors (Lipinski definition) is 0. The summed E-state index contributed by atoms with van der Waals surface area (Å²) in [5.74, 6) is 0.599. The first-order chi connectivity index (χ1) is 11.2. The summed E-state index contributed by atoms with van der Waals surface area (Å²) in [5, 5.41) is 0. The molecule has 2 aromatic rings. The Kier molecular flexibility index (Phi) is 4.70. The topological polar surface area (TPSA) is 46.1 Å². The van der Waals surface area contributed by atoms with Gasteiger partial charge in [-0.25, -0.2) is 4.98 Å². The number of carbonyl (C=O) groups is 1. The summed E-state index contributed by atoms with van der Waals surface area (Å²) in [6.45, 7) is 4.83. The molecule has 3 rings (SSSR count). The smallest absolute Gasteiger partial charge is 0.274 e. The maximum atomic E-state index is 12.8. The fourth-order valence-corrected chi connectivity index (χ4v) is 3.06. The van der Waals surface area contributed by atoms with E-state index in [2.05, 4.69) is 41.2 Å². The Balaban J connectivity index is 1.80. The lowest BCUT2D eigenvalue weighted by Gasteiger charge is -2.31. The van der Waals surface area contributed by atoms with Crippen LogP contribution in [-0.2, 0) is 6.42 Å². The van der Waals surface area contributed by atoms with Crippen molar-refractivity contribution in [3.8, 4) is 0 Å². The number of hydrogen-bond acceptors (Lipinski definition) is 3. The van der Waals surface area contributed by atoms with Crippen molar-refractivity contribution in [2.75, 3.05) is 6.54 Å². The molecular formula is C19H23N3O. The second-order valence-electron chi connectivity index (χ2n) is 6.28. The molecule has 1 atom stereocenters. The summed E-state index contributed by atoms with van der Waals surface area (Å²) in [5.41, 5.74) is 2.99. The third-order valence-corrected chi connectivity index (χ3v) is 4.52. The molecule has 1 amide bonds. The van der Waals surface area contributed by atoms with Gasteiger partial charge in [0.05, 0.1) is 6.20 Å². The van der Waals surface area contributed by atoms with Gasteiger partial charge in [0, 0.05) is 25.0 Å². The summed E-state index contributed by atoms with van der Waals surface area (Å²) in [6, 6.07) is 8.87. The fourth-order valence-electron chi connectivity index (χ4n) is 3.06. The lowest BCUT2D eigenvalue weighted by molar-refractivity contribution is 0.0659. The minimum absolute atomic E-state index is 0.00962. The van der Waals surface area contributed by atoms with E-state index in [0.717, 1.165) is 6.42 Å². The van der Waals surface area contributed by atoms with Crippen LogP contribution in [0.25, 0.3) is 0 Å². The highest BCUT2D eigenvalue weighted by atomic mass is 16.2. The molecule has 0 aliphatic heterocycles. The van der Waals surface area contributed by atoms with Gasteiger partial charge in [0.1, 0.15) is 5.69 Å². The van der Waals surface area contributed by atoms with E-state index in [1.54, 1.807) is 18.6 Å². The van der Waals surface area contributed by atoms with Gasteiger partial charge in [-0.1, -0.05) is 29.8 Å². The van der Waals surface area contributed by atoms with Gasteiger partial charge in [-0.15, -0.1) is 0 Å². The fraction of sp³-hybridized carbons (Fsp3) is 0.421. The van der Waals surface area contributed by atoms with Gasteiger partial charge < -0.3 is 4.90 Å². The maximum absolute atomic E-state index is 12.8. The molecule has 1 saturated carbocycles. The van der Waals surface area contributed by atoms with Crippen molar-refractivity contribution in [2.24, 2.45) is 5.92 Å². The van der Waals surface area contributed by atoms with Gasteiger partial charge in [-0.3, -0.25) is 9.78 Å². The number of carbonyl (C=O) groups excluding carboxylic acids is 1. The lowest BCUT2D eigenvalue weighted by Crippen LogP contribution is -2.43. The first-order valence-electron chi connectivity index (χ1n) is 8.31. The molecule has 120 valence electrons. The molecule has 4 heteroatoms. The molecule has 1 heterocycles. The zero-order valence-corrected chi connectivity index (χ0v) is 13.8. The van der Waals surface area contributed by atoms with E-state index >= 15 is 0 Å². The highest BCUT2D eigenvalue weighted by Gasteiger charge is 2.37. The number of amides is 1. The Morgan fingerprint density at radius 2 is 2.00 bits per heavy atom. The van der Waals surface area contributed by atoms with Crippen molar-refractivity contribution in [1.82, 2.24) is 14.9 Å². The SMILES string of the molecule is CCN(C(=O)c1cnccn1)C(Cc1ccc(C)cc1)C1CC1. The Bertz CT molecular complexity index is 650. The van der Waals surface area contributed by atoms with Crippen molar-refractivity contribution < 1.29 is 4.79 Å². The van der Waals surface area contributed by atoms with Crippen LogP contribution in [0.2, 0.25) is 0 Å². The number of benzene rings is 1. The number of nitrogens with zero attached hydrogens (tertiary/aromatic N) is 3. The average Bonchev–Trinajstić information content (AvgIpc) is 3.42. The van der Waals surface area contributed by atoms with Crippen LogP contribution >= 0.6 is 0 Å². The molecule has 0 bridgehead atoms. The molecule has 0 N–H and O–H groups in total. The van der Waals surface area contributed by atoms with Crippen LogP contribution in [0.5, 0.6) is 0 Å². The van der Waals surface area contributed by atoms with E-state index in [-0.39, 0.29) is 11.9 Å². The van der Waals surface area contributed by atoms with Crippen molar-refractivity contribution >= 4 is 5.91 Å². The van der Waals surface area contributed by atoms with Crippen LogP contribution in [0.1, 0.15) is 41.4 Å². The van der Waals surface area contributed by atoms with Gasteiger partial charge in [0.25, 0.3) is 5.91 Å². The van der Waals surface area contributed by atoms with Crippen LogP contribution in [0.15, 0.2) is 42.9 Å². The molecule has 1 fully saturated rings. The van der Waals surface area contributed by atoms with Crippen LogP contribution in [0, 0.1) is 12.8 Å². The molecule has 0 saturated heterocycles. The van der Waals surface area contributed by atoms with Crippen molar-refractivity contribution in [1.29, 1.82) is 0 Å². The molecule has 0 radical (unpaired) electrons. The molecule has 1 unspecified atom stereocenters. The summed E-state index contributed by atoms with van der Waals surface area (Å²) >= 11 is 0. The van der Waals surface area contributed by atoms with E-state index in [1.807, 2.05) is 11.8 Å². The molecule has 1 aromatic carbocycles. The van der Waals surface area contributed by atoms with Gasteiger partial charge in [0.15, 0.2) is 0 Å². The molecule has 0 spiro atoms. The first-order valence-corrected chi connectivity index (χ1v) is 8.31. The molecule has 4 nitrogen and oxygen atoms in total. The third kappa shape index (κ3) is 3.76. The molecule has 23 heavy (non-hydrogen) atoms. The van der Waals surface area contributed by atoms with Crippen LogP contribution in [-0.4, -0.2) is 33.4 Å². The van der Waals surface area contributed by atoms with Gasteiger partial charge in [0.2, 0.25) is 0 Å².